The number of H-pyrrole nitrogens is 1. The van der Waals surface area contributed by atoms with E-state index in [1.165, 1.54) is 0 Å². The predicted octanol–water partition coefficient (Wildman–Crippen LogP) is -4.83. The van der Waals surface area contributed by atoms with Gasteiger partial charge in [-0.25, -0.2) is 4.98 Å². The van der Waals surface area contributed by atoms with E-state index >= 15 is 0 Å². The van der Waals surface area contributed by atoms with Crippen LogP contribution < -0.4 is 11.3 Å². The SMILES string of the molecule is Nc1nc2c(ncn2[C@@H]2O[C@H](CO)[C@@H](O)[C@]2(O)[C@@H]2O[C@H](CO)[C@@H](O)[C@H]2O)c(=O)[nH]1. The minimum atomic E-state index is -2.43. The quantitative estimate of drug-likeness (QED) is 0.235. The molecule has 0 aromatic carbocycles. The van der Waals surface area contributed by atoms with Gasteiger partial charge in [0.15, 0.2) is 23.0 Å². The van der Waals surface area contributed by atoms with E-state index in [1.54, 1.807) is 0 Å². The van der Waals surface area contributed by atoms with Gasteiger partial charge in [-0.1, -0.05) is 0 Å². The summed E-state index contributed by atoms with van der Waals surface area (Å²) in [7, 11) is 0. The normalized spacial score (nSPS) is 40.1. The fraction of sp³-hybridized carbons (Fsp3) is 0.667. The summed E-state index contributed by atoms with van der Waals surface area (Å²) in [5.41, 5.74) is 2.27. The second-order valence-electron chi connectivity index (χ2n) is 7.08. The maximum atomic E-state index is 12.0. The molecule has 0 aliphatic carbocycles. The summed E-state index contributed by atoms with van der Waals surface area (Å²) in [6.45, 7) is -1.35. The monoisotopic (exact) mass is 415 g/mol. The third-order valence-corrected chi connectivity index (χ3v) is 5.41. The largest absolute Gasteiger partial charge is 0.394 e. The zero-order valence-electron chi connectivity index (χ0n) is 14.9. The lowest BCUT2D eigenvalue weighted by Gasteiger charge is -2.37. The first-order valence-corrected chi connectivity index (χ1v) is 8.75. The summed E-state index contributed by atoms with van der Waals surface area (Å²) in [6, 6.07) is 0. The van der Waals surface area contributed by atoms with E-state index in [0.717, 1.165) is 10.9 Å². The highest BCUT2D eigenvalue weighted by molar-refractivity contribution is 5.70. The first-order valence-electron chi connectivity index (χ1n) is 8.75. The highest BCUT2D eigenvalue weighted by atomic mass is 16.6. The van der Waals surface area contributed by atoms with Crippen molar-refractivity contribution in [2.75, 3.05) is 18.9 Å². The number of nitrogens with zero attached hydrogens (tertiary/aromatic N) is 3. The Morgan fingerprint density at radius 2 is 1.86 bits per heavy atom. The van der Waals surface area contributed by atoms with Crippen LogP contribution in [0.2, 0.25) is 0 Å². The van der Waals surface area contributed by atoms with Crippen molar-refractivity contribution in [2.45, 2.75) is 48.5 Å². The number of aromatic amines is 1. The molecule has 0 saturated carbocycles. The number of fused-ring (bicyclic) bond motifs is 1. The third-order valence-electron chi connectivity index (χ3n) is 5.41. The lowest BCUT2D eigenvalue weighted by atomic mass is 9.84. The van der Waals surface area contributed by atoms with Gasteiger partial charge in [0.2, 0.25) is 5.95 Å². The van der Waals surface area contributed by atoms with Gasteiger partial charge in [-0.2, -0.15) is 4.98 Å². The van der Waals surface area contributed by atoms with Gasteiger partial charge >= 0.3 is 0 Å². The lowest BCUT2D eigenvalue weighted by molar-refractivity contribution is -0.200. The number of aliphatic hydroxyl groups is 6. The summed E-state index contributed by atoms with van der Waals surface area (Å²) in [5.74, 6) is -0.238. The summed E-state index contributed by atoms with van der Waals surface area (Å²) in [4.78, 5) is 22.2. The standard InChI is InChI=1S/C15H21N5O9/c16-14-18-11-6(12(26)19-14)17-3-20(11)13-15(27,9(25)5(2-22)29-13)10-8(24)7(23)4(1-21)28-10/h3-5,7-10,13,21-25,27H,1-2H2,(H3,16,18,19,26)/t4-,5-,7-,8-,9-,10-,13-,15+/m1/s1. The number of aliphatic hydroxyl groups excluding tert-OH is 5. The number of anilines is 1. The molecule has 2 fully saturated rings. The predicted molar refractivity (Wildman–Crippen MR) is 92.3 cm³/mol. The van der Waals surface area contributed by atoms with E-state index in [-0.39, 0.29) is 17.1 Å². The molecular weight excluding hydrogens is 394 g/mol. The molecule has 4 heterocycles. The van der Waals surface area contributed by atoms with Crippen molar-refractivity contribution in [3.8, 4) is 0 Å². The van der Waals surface area contributed by atoms with E-state index in [1.807, 2.05) is 0 Å². The van der Waals surface area contributed by atoms with Crippen LogP contribution in [0.1, 0.15) is 6.23 Å². The fourth-order valence-electron chi connectivity index (χ4n) is 3.93. The molecule has 160 valence electrons. The summed E-state index contributed by atoms with van der Waals surface area (Å²) >= 11 is 0. The maximum absolute atomic E-state index is 12.0. The molecular formula is C15H21N5O9. The number of imidazole rings is 1. The molecule has 14 heteroatoms. The van der Waals surface area contributed by atoms with Crippen LogP contribution in [0.5, 0.6) is 0 Å². The lowest BCUT2D eigenvalue weighted by Crippen LogP contribution is -2.59. The summed E-state index contributed by atoms with van der Waals surface area (Å²) in [5, 5.41) is 61.4. The van der Waals surface area contributed by atoms with E-state index in [4.69, 9.17) is 15.2 Å². The molecule has 0 amide bonds. The highest BCUT2D eigenvalue weighted by Crippen LogP contribution is 2.46. The number of aromatic nitrogens is 4. The molecule has 29 heavy (non-hydrogen) atoms. The van der Waals surface area contributed by atoms with E-state index in [2.05, 4.69) is 15.0 Å². The molecule has 0 spiro atoms. The minimum absolute atomic E-state index is 0.0905. The van der Waals surface area contributed by atoms with Crippen molar-refractivity contribution >= 4 is 17.1 Å². The average Bonchev–Trinajstić information content (AvgIpc) is 3.30. The van der Waals surface area contributed by atoms with Crippen LogP contribution in [0, 0.1) is 0 Å². The van der Waals surface area contributed by atoms with Crippen LogP contribution in [-0.4, -0.2) is 106 Å². The zero-order chi connectivity index (χ0) is 21.1. The molecule has 0 bridgehead atoms. The second-order valence-corrected chi connectivity index (χ2v) is 7.08. The molecule has 4 rings (SSSR count). The number of nitrogen functional groups attached to an aromatic ring is 1. The summed E-state index contributed by atoms with van der Waals surface area (Å²) < 4.78 is 12.1. The molecule has 8 atom stereocenters. The molecule has 2 aliphatic heterocycles. The van der Waals surface area contributed by atoms with Crippen LogP contribution in [-0.2, 0) is 9.47 Å². The zero-order valence-corrected chi connectivity index (χ0v) is 14.9. The van der Waals surface area contributed by atoms with Gasteiger partial charge in [0.05, 0.1) is 19.5 Å². The Kier molecular flexibility index (Phi) is 4.83. The average molecular weight is 415 g/mol. The van der Waals surface area contributed by atoms with Gasteiger partial charge in [0.25, 0.3) is 5.56 Å². The van der Waals surface area contributed by atoms with E-state index in [0.29, 0.717) is 0 Å². The fourth-order valence-corrected chi connectivity index (χ4v) is 3.93. The molecule has 14 nitrogen and oxygen atoms in total. The highest BCUT2D eigenvalue weighted by Gasteiger charge is 2.66. The van der Waals surface area contributed by atoms with Crippen molar-refractivity contribution in [3.05, 3.63) is 16.7 Å². The Bertz CT molecular complexity index is 965. The number of rotatable bonds is 4. The minimum Gasteiger partial charge on any atom is -0.394 e. The number of hydrogen-bond donors (Lipinski definition) is 8. The topological polar surface area (TPSA) is 229 Å². The van der Waals surface area contributed by atoms with E-state index in [9.17, 15) is 35.4 Å². The Labute approximate surface area is 161 Å². The van der Waals surface area contributed by atoms with Crippen molar-refractivity contribution in [3.63, 3.8) is 0 Å². The van der Waals surface area contributed by atoms with Gasteiger partial charge in [0.1, 0.15) is 36.6 Å². The maximum Gasteiger partial charge on any atom is 0.280 e. The second kappa shape index (κ2) is 6.96. The van der Waals surface area contributed by atoms with Gasteiger partial charge in [-0.3, -0.25) is 14.3 Å². The molecule has 2 saturated heterocycles. The Hall–Kier alpha value is -2.17. The first kappa shape index (κ1) is 20.1. The Balaban J connectivity index is 1.85. The molecule has 2 aliphatic rings. The van der Waals surface area contributed by atoms with Crippen LogP contribution in [0.4, 0.5) is 5.95 Å². The molecule has 0 unspecified atom stereocenters. The summed E-state index contributed by atoms with van der Waals surface area (Å²) in [6.07, 6.45) is -9.62. The van der Waals surface area contributed by atoms with Gasteiger partial charge in [0, 0.05) is 0 Å². The first-order chi connectivity index (χ1) is 13.7. The van der Waals surface area contributed by atoms with Crippen molar-refractivity contribution in [1.29, 1.82) is 0 Å². The van der Waals surface area contributed by atoms with Crippen LogP contribution >= 0.6 is 0 Å². The van der Waals surface area contributed by atoms with Gasteiger partial charge in [-0.15, -0.1) is 0 Å². The van der Waals surface area contributed by atoms with Crippen LogP contribution in [0.15, 0.2) is 11.1 Å². The van der Waals surface area contributed by atoms with Crippen molar-refractivity contribution < 1.29 is 40.1 Å². The number of nitrogens with one attached hydrogen (secondary N) is 1. The van der Waals surface area contributed by atoms with Crippen LogP contribution in [0.25, 0.3) is 11.2 Å². The smallest absolute Gasteiger partial charge is 0.280 e. The molecule has 2 aromatic heterocycles. The Morgan fingerprint density at radius 1 is 1.17 bits per heavy atom. The molecule has 2 aromatic rings. The van der Waals surface area contributed by atoms with E-state index < -0.39 is 67.2 Å². The molecule has 9 N–H and O–H groups in total. The molecule has 0 radical (unpaired) electrons. The number of hydrogen-bond acceptors (Lipinski definition) is 12. The van der Waals surface area contributed by atoms with Crippen LogP contribution in [0.3, 0.4) is 0 Å². The van der Waals surface area contributed by atoms with Crippen molar-refractivity contribution in [1.82, 2.24) is 19.5 Å². The van der Waals surface area contributed by atoms with Gasteiger partial charge in [-0.05, 0) is 0 Å². The van der Waals surface area contributed by atoms with Crippen molar-refractivity contribution in [2.24, 2.45) is 0 Å². The third kappa shape index (κ3) is 2.77. The number of nitrogens with two attached hydrogens (primary N) is 1. The number of ether oxygens (including phenoxy) is 2. The Morgan fingerprint density at radius 3 is 2.48 bits per heavy atom. The van der Waals surface area contributed by atoms with Gasteiger partial charge < -0.3 is 45.8 Å².